The molecule has 0 aromatic heterocycles. The van der Waals surface area contributed by atoms with Gasteiger partial charge in [0.1, 0.15) is 5.71 Å². The van der Waals surface area contributed by atoms with Crippen LogP contribution in [0.25, 0.3) is 0 Å². The second-order valence-corrected chi connectivity index (χ2v) is 10.5. The van der Waals surface area contributed by atoms with Crippen LogP contribution >= 0.6 is 0 Å². The van der Waals surface area contributed by atoms with Crippen LogP contribution in [0.3, 0.4) is 0 Å². The maximum Gasteiger partial charge on any atom is 0.270 e. The van der Waals surface area contributed by atoms with Crippen molar-refractivity contribution >= 4 is 27.4 Å². The Morgan fingerprint density at radius 1 is 1.07 bits per heavy atom. The van der Waals surface area contributed by atoms with E-state index in [0.29, 0.717) is 37.6 Å². The molecule has 4 rings (SSSR count). The van der Waals surface area contributed by atoms with Gasteiger partial charge in [0.2, 0.25) is 5.91 Å². The number of carbonyl (C=O) groups excluding carboxylic acids is 2. The van der Waals surface area contributed by atoms with Gasteiger partial charge in [0.15, 0.2) is 9.84 Å². The quantitative estimate of drug-likeness (QED) is 0.745. The number of hydrogen-bond donors (Lipinski definition) is 0. The summed E-state index contributed by atoms with van der Waals surface area (Å²) in [7, 11) is -3.12. The lowest BCUT2D eigenvalue weighted by Gasteiger charge is -2.34. The fourth-order valence-corrected chi connectivity index (χ4v) is 6.14. The minimum Gasteiger partial charge on any atom is -0.338 e. The number of hydrazone groups is 1. The van der Waals surface area contributed by atoms with Crippen molar-refractivity contribution in [3.63, 3.8) is 0 Å². The molecule has 0 unspecified atom stereocenters. The van der Waals surface area contributed by atoms with Crippen molar-refractivity contribution in [3.05, 3.63) is 35.9 Å². The third kappa shape index (κ3) is 4.69. The lowest BCUT2D eigenvalue weighted by molar-refractivity contribution is -0.134. The van der Waals surface area contributed by atoms with Crippen LogP contribution in [0.4, 0.5) is 0 Å². The first-order chi connectivity index (χ1) is 13.9. The third-order valence-electron chi connectivity index (χ3n) is 6.13. The van der Waals surface area contributed by atoms with E-state index < -0.39 is 15.9 Å². The number of nitrogens with zero attached hydrogens (tertiary/aromatic N) is 3. The van der Waals surface area contributed by atoms with Crippen LogP contribution in [0.15, 0.2) is 35.4 Å². The van der Waals surface area contributed by atoms with E-state index in [-0.39, 0.29) is 29.7 Å². The third-order valence-corrected chi connectivity index (χ3v) is 7.88. The zero-order valence-electron chi connectivity index (χ0n) is 16.5. The molecule has 0 radical (unpaired) electrons. The fourth-order valence-electron chi connectivity index (χ4n) is 4.45. The lowest BCUT2D eigenvalue weighted by atomic mass is 9.90. The van der Waals surface area contributed by atoms with E-state index in [1.54, 1.807) is 0 Å². The summed E-state index contributed by atoms with van der Waals surface area (Å²) in [4.78, 5) is 27.0. The number of piperidine rings is 1. The van der Waals surface area contributed by atoms with Crippen LogP contribution in [-0.4, -0.2) is 66.5 Å². The number of rotatable bonds is 4. The predicted octanol–water partition coefficient (Wildman–Crippen LogP) is 1.63. The van der Waals surface area contributed by atoms with Gasteiger partial charge < -0.3 is 4.90 Å². The van der Waals surface area contributed by atoms with Crippen molar-refractivity contribution in [1.29, 1.82) is 0 Å². The molecule has 0 spiro atoms. The van der Waals surface area contributed by atoms with Gasteiger partial charge in [-0.15, -0.1) is 0 Å². The van der Waals surface area contributed by atoms with Crippen LogP contribution in [-0.2, 0) is 25.8 Å². The molecule has 156 valence electrons. The van der Waals surface area contributed by atoms with E-state index >= 15 is 0 Å². The van der Waals surface area contributed by atoms with Crippen LogP contribution in [0, 0.1) is 5.92 Å². The number of hydrogen-bond acceptors (Lipinski definition) is 5. The van der Waals surface area contributed by atoms with Crippen molar-refractivity contribution in [2.45, 2.75) is 44.6 Å². The average molecular weight is 418 g/mol. The first kappa shape index (κ1) is 20.1. The van der Waals surface area contributed by atoms with E-state index in [0.717, 1.165) is 19.3 Å². The molecule has 29 heavy (non-hydrogen) atoms. The van der Waals surface area contributed by atoms with Crippen molar-refractivity contribution < 1.29 is 18.0 Å². The highest BCUT2D eigenvalue weighted by molar-refractivity contribution is 7.91. The summed E-state index contributed by atoms with van der Waals surface area (Å²) in [5, 5.41) is 5.58. The van der Waals surface area contributed by atoms with E-state index in [1.807, 2.05) is 11.0 Å². The maximum atomic E-state index is 13.0. The topological polar surface area (TPSA) is 87.1 Å². The van der Waals surface area contributed by atoms with Crippen molar-refractivity contribution in [3.8, 4) is 0 Å². The smallest absolute Gasteiger partial charge is 0.270 e. The number of sulfone groups is 1. The van der Waals surface area contributed by atoms with Gasteiger partial charge in [0, 0.05) is 25.9 Å². The zero-order valence-corrected chi connectivity index (χ0v) is 17.3. The first-order valence-corrected chi connectivity index (χ1v) is 12.2. The highest BCUT2D eigenvalue weighted by Crippen LogP contribution is 2.25. The summed E-state index contributed by atoms with van der Waals surface area (Å²) in [6, 6.07) is 9.97. The first-order valence-electron chi connectivity index (χ1n) is 10.3. The van der Waals surface area contributed by atoms with Gasteiger partial charge in [0.05, 0.1) is 17.5 Å². The summed E-state index contributed by atoms with van der Waals surface area (Å²) in [5.41, 5.74) is 1.71. The summed E-state index contributed by atoms with van der Waals surface area (Å²) in [5.74, 6) is 0.285. The van der Waals surface area contributed by atoms with Crippen LogP contribution < -0.4 is 0 Å². The molecule has 0 saturated carbocycles. The molecular formula is C21H27N3O4S. The molecule has 1 aromatic rings. The number of likely N-dealkylation sites (tertiary alicyclic amines) is 1. The Morgan fingerprint density at radius 3 is 2.45 bits per heavy atom. The average Bonchev–Trinajstić information content (AvgIpc) is 3.09. The molecule has 3 heterocycles. The van der Waals surface area contributed by atoms with Gasteiger partial charge >= 0.3 is 0 Å². The Hall–Kier alpha value is -2.22. The van der Waals surface area contributed by atoms with Gasteiger partial charge in [-0.3, -0.25) is 9.59 Å². The zero-order chi connectivity index (χ0) is 20.4. The Labute approximate surface area is 171 Å². The normalized spacial score (nSPS) is 25.2. The highest BCUT2D eigenvalue weighted by atomic mass is 32.2. The molecule has 8 heteroatoms. The molecule has 3 aliphatic rings. The minimum absolute atomic E-state index is 0.0609. The Bertz CT molecular complexity index is 905. The molecule has 1 atom stereocenters. The molecule has 7 nitrogen and oxygen atoms in total. The minimum atomic E-state index is -3.12. The standard InChI is InChI=1S/C21H27N3O4S/c25-20-7-6-19(22-24(20)18-10-13-29(27,28)15-18)21(26)23-11-8-17(9-12-23)14-16-4-2-1-3-5-16/h1-5,17-18H,6-15H2/t18-/m1/s1. The van der Waals surface area contributed by atoms with Crippen molar-refractivity contribution in [2.75, 3.05) is 24.6 Å². The fraction of sp³-hybridized carbons (Fsp3) is 0.571. The molecule has 0 aliphatic carbocycles. The second-order valence-electron chi connectivity index (χ2n) is 8.27. The van der Waals surface area contributed by atoms with Gasteiger partial charge in [-0.25, -0.2) is 13.4 Å². The van der Waals surface area contributed by atoms with E-state index in [1.165, 1.54) is 10.6 Å². The molecule has 0 bridgehead atoms. The number of carbonyl (C=O) groups is 2. The maximum absolute atomic E-state index is 13.0. The molecule has 2 fully saturated rings. The van der Waals surface area contributed by atoms with E-state index in [2.05, 4.69) is 29.4 Å². The second kappa shape index (κ2) is 8.26. The Kier molecular flexibility index (Phi) is 5.72. The molecule has 0 N–H and O–H groups in total. The van der Waals surface area contributed by atoms with Gasteiger partial charge in [-0.05, 0) is 37.2 Å². The lowest BCUT2D eigenvalue weighted by Crippen LogP contribution is -2.47. The van der Waals surface area contributed by atoms with E-state index in [4.69, 9.17) is 0 Å². The van der Waals surface area contributed by atoms with Crippen molar-refractivity contribution in [1.82, 2.24) is 9.91 Å². The number of benzene rings is 1. The monoisotopic (exact) mass is 417 g/mol. The summed E-state index contributed by atoms with van der Waals surface area (Å²) in [6.07, 6.45) is 3.88. The van der Waals surface area contributed by atoms with Gasteiger partial charge in [0.25, 0.3) is 5.91 Å². The SMILES string of the molecule is O=C(C1=NN([C@@H]2CCS(=O)(=O)C2)C(=O)CC1)N1CCC(Cc2ccccc2)CC1. The van der Waals surface area contributed by atoms with E-state index in [9.17, 15) is 18.0 Å². The largest absolute Gasteiger partial charge is 0.338 e. The Balaban J connectivity index is 1.37. The molecule has 3 aliphatic heterocycles. The number of amides is 2. The summed E-state index contributed by atoms with van der Waals surface area (Å²) in [6.45, 7) is 1.39. The summed E-state index contributed by atoms with van der Waals surface area (Å²) < 4.78 is 23.5. The molecule has 1 aromatic carbocycles. The van der Waals surface area contributed by atoms with Gasteiger partial charge in [-0.1, -0.05) is 30.3 Å². The Morgan fingerprint density at radius 2 is 1.79 bits per heavy atom. The van der Waals surface area contributed by atoms with Crippen molar-refractivity contribution in [2.24, 2.45) is 11.0 Å². The van der Waals surface area contributed by atoms with Gasteiger partial charge in [-0.2, -0.15) is 5.10 Å². The molecular weight excluding hydrogens is 390 g/mol. The molecule has 2 saturated heterocycles. The van der Waals surface area contributed by atoms with Crippen LogP contribution in [0.2, 0.25) is 0 Å². The predicted molar refractivity (Wildman–Crippen MR) is 110 cm³/mol. The highest BCUT2D eigenvalue weighted by Gasteiger charge is 2.38. The summed E-state index contributed by atoms with van der Waals surface area (Å²) >= 11 is 0. The van der Waals surface area contributed by atoms with Crippen LogP contribution in [0.1, 0.15) is 37.7 Å². The molecule has 2 amide bonds. The van der Waals surface area contributed by atoms with Crippen LogP contribution in [0.5, 0.6) is 0 Å².